The fourth-order valence-electron chi connectivity index (χ4n) is 2.46. The van der Waals surface area contributed by atoms with E-state index in [1.807, 2.05) is 6.92 Å². The highest BCUT2D eigenvalue weighted by molar-refractivity contribution is 5.97. The number of nitrogens with zero attached hydrogens (tertiary/aromatic N) is 1. The molecule has 1 aliphatic heterocycles. The number of para-hydroxylation sites is 1. The molecule has 1 saturated heterocycles. The van der Waals surface area contributed by atoms with Crippen molar-refractivity contribution in [2.75, 3.05) is 19.7 Å². The van der Waals surface area contributed by atoms with Crippen LogP contribution in [0.1, 0.15) is 35.7 Å². The van der Waals surface area contributed by atoms with Gasteiger partial charge in [0.1, 0.15) is 5.75 Å². The Bertz CT molecular complexity index is 451. The number of aryl methyl sites for hydroxylation is 1. The number of benzene rings is 1. The van der Waals surface area contributed by atoms with E-state index in [2.05, 4.69) is 0 Å². The van der Waals surface area contributed by atoms with Crippen molar-refractivity contribution in [3.05, 3.63) is 29.3 Å². The Morgan fingerprint density at radius 3 is 2.74 bits per heavy atom. The van der Waals surface area contributed by atoms with Gasteiger partial charge >= 0.3 is 0 Å². The minimum Gasteiger partial charge on any atom is -0.507 e. The third kappa shape index (κ3) is 3.07. The van der Waals surface area contributed by atoms with Crippen LogP contribution in [0, 0.1) is 6.92 Å². The first-order chi connectivity index (χ1) is 9.13. The fourth-order valence-corrected chi connectivity index (χ4v) is 2.46. The van der Waals surface area contributed by atoms with Gasteiger partial charge in [-0.2, -0.15) is 0 Å². The zero-order valence-corrected chi connectivity index (χ0v) is 11.6. The van der Waals surface area contributed by atoms with Gasteiger partial charge in [-0.05, 0) is 38.3 Å². The summed E-state index contributed by atoms with van der Waals surface area (Å²) in [5, 5.41) is 9.96. The number of ether oxygens (including phenoxy) is 1. The number of carbonyl (C=O) groups excluding carboxylic acids is 1. The van der Waals surface area contributed by atoms with E-state index in [0.717, 1.165) is 25.0 Å². The molecule has 4 heteroatoms. The van der Waals surface area contributed by atoms with E-state index in [1.165, 1.54) is 0 Å². The molecule has 4 nitrogen and oxygen atoms in total. The van der Waals surface area contributed by atoms with Gasteiger partial charge in [-0.15, -0.1) is 0 Å². The minimum absolute atomic E-state index is 0.0869. The van der Waals surface area contributed by atoms with Crippen molar-refractivity contribution in [2.24, 2.45) is 0 Å². The molecule has 104 valence electrons. The number of amides is 1. The summed E-state index contributed by atoms with van der Waals surface area (Å²) < 4.78 is 5.57. The Morgan fingerprint density at radius 1 is 1.42 bits per heavy atom. The van der Waals surface area contributed by atoms with Gasteiger partial charge in [0.15, 0.2) is 0 Å². The first-order valence-electron chi connectivity index (χ1n) is 6.83. The molecule has 1 amide bonds. The number of aromatic hydroxyl groups is 1. The zero-order chi connectivity index (χ0) is 13.8. The predicted octanol–water partition coefficient (Wildman–Crippen LogP) is 2.34. The number of rotatable bonds is 3. The lowest BCUT2D eigenvalue weighted by atomic mass is 10.0. The van der Waals surface area contributed by atoms with Crippen molar-refractivity contribution in [2.45, 2.75) is 32.8 Å². The summed E-state index contributed by atoms with van der Waals surface area (Å²) in [6, 6.07) is 5.28. The maximum Gasteiger partial charge on any atom is 0.257 e. The van der Waals surface area contributed by atoms with Crippen LogP contribution in [0.5, 0.6) is 5.75 Å². The molecule has 1 aromatic rings. The van der Waals surface area contributed by atoms with E-state index < -0.39 is 0 Å². The molecule has 1 fully saturated rings. The molecule has 0 saturated carbocycles. The maximum absolute atomic E-state index is 12.4. The van der Waals surface area contributed by atoms with Gasteiger partial charge in [0.25, 0.3) is 5.91 Å². The molecule has 0 unspecified atom stereocenters. The van der Waals surface area contributed by atoms with Crippen molar-refractivity contribution >= 4 is 5.91 Å². The zero-order valence-electron chi connectivity index (χ0n) is 11.6. The topological polar surface area (TPSA) is 49.8 Å². The van der Waals surface area contributed by atoms with Gasteiger partial charge in [-0.1, -0.05) is 12.1 Å². The van der Waals surface area contributed by atoms with Crippen molar-refractivity contribution in [1.82, 2.24) is 4.90 Å². The molecule has 0 aliphatic carbocycles. The van der Waals surface area contributed by atoms with Gasteiger partial charge in [0, 0.05) is 19.7 Å². The largest absolute Gasteiger partial charge is 0.507 e. The molecule has 0 bridgehead atoms. The molecule has 1 heterocycles. The summed E-state index contributed by atoms with van der Waals surface area (Å²) in [4.78, 5) is 14.2. The molecule has 1 aliphatic rings. The Labute approximate surface area is 114 Å². The van der Waals surface area contributed by atoms with Crippen LogP contribution in [-0.4, -0.2) is 41.7 Å². The summed E-state index contributed by atoms with van der Waals surface area (Å²) >= 11 is 0. The van der Waals surface area contributed by atoms with E-state index in [-0.39, 0.29) is 17.8 Å². The number of likely N-dealkylation sites (tertiary alicyclic amines) is 1. The highest BCUT2D eigenvalue weighted by atomic mass is 16.5. The molecule has 19 heavy (non-hydrogen) atoms. The van der Waals surface area contributed by atoms with Gasteiger partial charge in [-0.3, -0.25) is 4.79 Å². The van der Waals surface area contributed by atoms with Gasteiger partial charge in [-0.25, -0.2) is 0 Å². The van der Waals surface area contributed by atoms with Crippen LogP contribution < -0.4 is 0 Å². The Kier molecular flexibility index (Phi) is 4.43. The number of carbonyl (C=O) groups is 1. The Hall–Kier alpha value is -1.55. The van der Waals surface area contributed by atoms with Crippen LogP contribution in [-0.2, 0) is 4.74 Å². The Balaban J connectivity index is 2.03. The third-order valence-corrected chi connectivity index (χ3v) is 3.60. The normalized spacial score (nSPS) is 16.6. The number of piperidine rings is 1. The predicted molar refractivity (Wildman–Crippen MR) is 73.4 cm³/mol. The molecule has 0 radical (unpaired) electrons. The van der Waals surface area contributed by atoms with Crippen LogP contribution in [0.4, 0.5) is 0 Å². The monoisotopic (exact) mass is 263 g/mol. The summed E-state index contributed by atoms with van der Waals surface area (Å²) in [5.41, 5.74) is 1.13. The SMILES string of the molecule is CCOC1CCN(C(=O)c2cccc(C)c2O)CC1. The van der Waals surface area contributed by atoms with Crippen LogP contribution in [0.25, 0.3) is 0 Å². The van der Waals surface area contributed by atoms with E-state index in [1.54, 1.807) is 30.0 Å². The quantitative estimate of drug-likeness (QED) is 0.910. The van der Waals surface area contributed by atoms with E-state index >= 15 is 0 Å². The number of hydrogen-bond acceptors (Lipinski definition) is 3. The average Bonchev–Trinajstić information content (AvgIpc) is 2.42. The minimum atomic E-state index is -0.0869. The summed E-state index contributed by atoms with van der Waals surface area (Å²) in [6.07, 6.45) is 2.00. The van der Waals surface area contributed by atoms with Crippen LogP contribution >= 0.6 is 0 Å². The summed E-state index contributed by atoms with van der Waals surface area (Å²) in [5.74, 6) is 0.00980. The molecule has 0 aromatic heterocycles. The van der Waals surface area contributed by atoms with Crippen molar-refractivity contribution in [1.29, 1.82) is 0 Å². The van der Waals surface area contributed by atoms with Crippen LogP contribution in [0.3, 0.4) is 0 Å². The molecule has 2 rings (SSSR count). The second-order valence-electron chi connectivity index (χ2n) is 4.92. The van der Waals surface area contributed by atoms with E-state index in [9.17, 15) is 9.90 Å². The molecule has 0 atom stereocenters. The molecule has 1 aromatic carbocycles. The first-order valence-corrected chi connectivity index (χ1v) is 6.83. The second kappa shape index (κ2) is 6.06. The molecule has 1 N–H and O–H groups in total. The second-order valence-corrected chi connectivity index (χ2v) is 4.92. The molecule has 0 spiro atoms. The van der Waals surface area contributed by atoms with Crippen LogP contribution in [0.2, 0.25) is 0 Å². The number of phenols is 1. The lowest BCUT2D eigenvalue weighted by Gasteiger charge is -2.32. The van der Waals surface area contributed by atoms with Crippen molar-refractivity contribution in [3.8, 4) is 5.75 Å². The van der Waals surface area contributed by atoms with Crippen molar-refractivity contribution < 1.29 is 14.6 Å². The molecular formula is C15H21NO3. The fraction of sp³-hybridized carbons (Fsp3) is 0.533. The highest BCUT2D eigenvalue weighted by Crippen LogP contribution is 2.24. The lowest BCUT2D eigenvalue weighted by molar-refractivity contribution is 0.0145. The average molecular weight is 263 g/mol. The summed E-state index contributed by atoms with van der Waals surface area (Å²) in [6.45, 7) is 5.89. The smallest absolute Gasteiger partial charge is 0.257 e. The van der Waals surface area contributed by atoms with E-state index in [0.29, 0.717) is 18.7 Å². The number of hydrogen-bond donors (Lipinski definition) is 1. The van der Waals surface area contributed by atoms with E-state index in [4.69, 9.17) is 4.74 Å². The summed E-state index contributed by atoms with van der Waals surface area (Å²) in [7, 11) is 0. The maximum atomic E-state index is 12.4. The molecular weight excluding hydrogens is 242 g/mol. The van der Waals surface area contributed by atoms with Gasteiger partial charge in [0.05, 0.1) is 11.7 Å². The van der Waals surface area contributed by atoms with Crippen LogP contribution in [0.15, 0.2) is 18.2 Å². The number of phenolic OH excluding ortho intramolecular Hbond substituents is 1. The lowest BCUT2D eigenvalue weighted by Crippen LogP contribution is -2.40. The Morgan fingerprint density at radius 2 is 2.11 bits per heavy atom. The standard InChI is InChI=1S/C15H21NO3/c1-3-19-12-7-9-16(10-8-12)15(18)13-6-4-5-11(2)14(13)17/h4-6,12,17H,3,7-10H2,1-2H3. The van der Waals surface area contributed by atoms with Gasteiger partial charge in [0.2, 0.25) is 0 Å². The first kappa shape index (κ1) is 13.9. The van der Waals surface area contributed by atoms with Gasteiger partial charge < -0.3 is 14.7 Å². The van der Waals surface area contributed by atoms with Crippen molar-refractivity contribution in [3.63, 3.8) is 0 Å². The highest BCUT2D eigenvalue weighted by Gasteiger charge is 2.25. The third-order valence-electron chi connectivity index (χ3n) is 3.60.